The molecular weight excluding hydrogens is 416 g/mol. The molecule has 7 heteroatoms. The van der Waals surface area contributed by atoms with Gasteiger partial charge in [0, 0.05) is 22.8 Å². The molecule has 0 unspecified atom stereocenters. The van der Waals surface area contributed by atoms with Crippen molar-refractivity contribution in [2.24, 2.45) is 11.0 Å². The Morgan fingerprint density at radius 1 is 1.13 bits per heavy atom. The molecule has 0 spiro atoms. The van der Waals surface area contributed by atoms with E-state index in [1.54, 1.807) is 11.8 Å². The minimum Gasteiger partial charge on any atom is -0.493 e. The van der Waals surface area contributed by atoms with Crippen LogP contribution in [0.5, 0.6) is 5.75 Å². The molecule has 0 bridgehead atoms. The third-order valence-electron chi connectivity index (χ3n) is 4.23. The van der Waals surface area contributed by atoms with E-state index in [0.717, 1.165) is 45.9 Å². The average Bonchev–Trinajstić information content (AvgIpc) is 3.12. The van der Waals surface area contributed by atoms with Crippen molar-refractivity contribution in [2.75, 3.05) is 6.61 Å². The van der Waals surface area contributed by atoms with Gasteiger partial charge in [-0.05, 0) is 42.2 Å². The second kappa shape index (κ2) is 11.2. The lowest BCUT2D eigenvalue weighted by Gasteiger charge is -2.11. The van der Waals surface area contributed by atoms with E-state index in [-0.39, 0.29) is 0 Å². The molecule has 0 aliphatic heterocycles. The van der Waals surface area contributed by atoms with Crippen LogP contribution in [0.3, 0.4) is 0 Å². The summed E-state index contributed by atoms with van der Waals surface area (Å²) in [6, 6.07) is 15.8. The van der Waals surface area contributed by atoms with Crippen LogP contribution >= 0.6 is 23.4 Å². The molecule has 5 nitrogen and oxygen atoms in total. The Bertz CT molecular complexity index is 970. The third kappa shape index (κ3) is 6.34. The number of ether oxygens (including phenoxy) is 1. The predicted octanol–water partition coefficient (Wildman–Crippen LogP) is 6.09. The van der Waals surface area contributed by atoms with E-state index in [2.05, 4.69) is 31.0 Å². The van der Waals surface area contributed by atoms with Gasteiger partial charge in [-0.3, -0.25) is 0 Å². The summed E-state index contributed by atoms with van der Waals surface area (Å²) >= 11 is 7.59. The van der Waals surface area contributed by atoms with Gasteiger partial charge in [-0.1, -0.05) is 68.4 Å². The van der Waals surface area contributed by atoms with Crippen molar-refractivity contribution in [3.8, 4) is 5.75 Å². The average molecular weight is 443 g/mol. The van der Waals surface area contributed by atoms with Crippen LogP contribution in [0.25, 0.3) is 0 Å². The van der Waals surface area contributed by atoms with Crippen molar-refractivity contribution in [3.63, 3.8) is 0 Å². The van der Waals surface area contributed by atoms with Crippen LogP contribution < -0.4 is 4.74 Å². The van der Waals surface area contributed by atoms with Crippen LogP contribution in [0, 0.1) is 5.92 Å². The summed E-state index contributed by atoms with van der Waals surface area (Å²) in [4.78, 5) is 0. The highest BCUT2D eigenvalue weighted by molar-refractivity contribution is 7.98. The number of nitrogens with zero attached hydrogens (tertiary/aromatic N) is 4. The summed E-state index contributed by atoms with van der Waals surface area (Å²) in [5.41, 5.74) is 2.11. The molecule has 3 aromatic rings. The fourth-order valence-electron chi connectivity index (χ4n) is 2.70. The first-order valence-electron chi connectivity index (χ1n) is 10.1. The standard InChI is InChI=1S/C23H27ClN4OS/c1-4-7-22-26-27-23(30-16-18-10-12-20(24)13-11-18)28(22)25-14-19-8-5-6-9-21(19)29-15-17(2)3/h5-6,8-14,17H,4,7,15-16H2,1-3H3/b25-14+. The molecule has 158 valence electrons. The highest BCUT2D eigenvalue weighted by Crippen LogP contribution is 2.24. The largest absolute Gasteiger partial charge is 0.493 e. The summed E-state index contributed by atoms with van der Waals surface area (Å²) in [6.07, 6.45) is 3.62. The fraction of sp³-hybridized carbons (Fsp3) is 0.348. The van der Waals surface area contributed by atoms with Crippen molar-refractivity contribution >= 4 is 29.6 Å². The minimum atomic E-state index is 0.458. The first-order chi connectivity index (χ1) is 14.6. The van der Waals surface area contributed by atoms with Crippen molar-refractivity contribution in [3.05, 3.63) is 70.5 Å². The van der Waals surface area contributed by atoms with E-state index >= 15 is 0 Å². The normalized spacial score (nSPS) is 11.5. The van der Waals surface area contributed by atoms with E-state index in [0.29, 0.717) is 12.5 Å². The monoisotopic (exact) mass is 442 g/mol. The fourth-order valence-corrected chi connectivity index (χ4v) is 3.69. The Hall–Kier alpha value is -2.31. The van der Waals surface area contributed by atoms with Crippen molar-refractivity contribution in [1.82, 2.24) is 14.9 Å². The minimum absolute atomic E-state index is 0.458. The SMILES string of the molecule is CCCc1nnc(SCc2ccc(Cl)cc2)n1/N=C/c1ccccc1OCC(C)C. The van der Waals surface area contributed by atoms with E-state index < -0.39 is 0 Å². The molecule has 0 saturated heterocycles. The molecule has 0 saturated carbocycles. The van der Waals surface area contributed by atoms with Crippen molar-refractivity contribution in [2.45, 2.75) is 44.5 Å². The van der Waals surface area contributed by atoms with E-state index in [4.69, 9.17) is 21.4 Å². The summed E-state index contributed by atoms with van der Waals surface area (Å²) in [7, 11) is 0. The molecule has 0 aliphatic carbocycles. The predicted molar refractivity (Wildman–Crippen MR) is 125 cm³/mol. The lowest BCUT2D eigenvalue weighted by Crippen LogP contribution is -2.06. The molecule has 0 amide bonds. The van der Waals surface area contributed by atoms with Gasteiger partial charge in [0.2, 0.25) is 5.16 Å². The molecule has 1 aromatic heterocycles. The molecule has 0 fully saturated rings. The highest BCUT2D eigenvalue weighted by atomic mass is 35.5. The van der Waals surface area contributed by atoms with Crippen LogP contribution in [-0.2, 0) is 12.2 Å². The van der Waals surface area contributed by atoms with Gasteiger partial charge < -0.3 is 4.74 Å². The number of thioether (sulfide) groups is 1. The number of halogens is 1. The quantitative estimate of drug-likeness (QED) is 0.281. The number of aromatic nitrogens is 3. The van der Waals surface area contributed by atoms with E-state index in [9.17, 15) is 0 Å². The molecule has 2 aromatic carbocycles. The number of rotatable bonds is 10. The van der Waals surface area contributed by atoms with E-state index in [1.807, 2.05) is 59.4 Å². The van der Waals surface area contributed by atoms with Gasteiger partial charge in [-0.25, -0.2) is 0 Å². The molecule has 3 rings (SSSR count). The van der Waals surface area contributed by atoms with Gasteiger partial charge in [0.05, 0.1) is 12.8 Å². The zero-order valence-electron chi connectivity index (χ0n) is 17.6. The van der Waals surface area contributed by atoms with E-state index in [1.165, 1.54) is 5.56 Å². The number of hydrogen-bond acceptors (Lipinski definition) is 5. The number of hydrogen-bond donors (Lipinski definition) is 0. The van der Waals surface area contributed by atoms with Crippen LogP contribution in [0.4, 0.5) is 0 Å². The first-order valence-corrected chi connectivity index (χ1v) is 11.5. The summed E-state index contributed by atoms with van der Waals surface area (Å²) in [5.74, 6) is 2.91. The maximum absolute atomic E-state index is 5.98. The van der Waals surface area contributed by atoms with Gasteiger partial charge >= 0.3 is 0 Å². The highest BCUT2D eigenvalue weighted by Gasteiger charge is 2.12. The summed E-state index contributed by atoms with van der Waals surface area (Å²) in [6.45, 7) is 7.06. The first kappa shape index (κ1) is 22.4. The van der Waals surface area contributed by atoms with Gasteiger partial charge in [-0.2, -0.15) is 9.78 Å². The molecule has 0 radical (unpaired) electrons. The van der Waals surface area contributed by atoms with Crippen molar-refractivity contribution < 1.29 is 4.74 Å². The Morgan fingerprint density at radius 3 is 2.63 bits per heavy atom. The maximum atomic E-state index is 5.98. The van der Waals surface area contributed by atoms with Gasteiger partial charge in [0.25, 0.3) is 0 Å². The summed E-state index contributed by atoms with van der Waals surface area (Å²) < 4.78 is 7.78. The third-order valence-corrected chi connectivity index (χ3v) is 5.48. The Morgan fingerprint density at radius 2 is 1.90 bits per heavy atom. The Balaban J connectivity index is 1.80. The molecular formula is C23H27ClN4OS. The molecule has 0 atom stereocenters. The van der Waals surface area contributed by atoms with Gasteiger partial charge in [-0.15, -0.1) is 10.2 Å². The van der Waals surface area contributed by atoms with Gasteiger partial charge in [0.1, 0.15) is 5.75 Å². The van der Waals surface area contributed by atoms with Crippen LogP contribution in [0.1, 0.15) is 44.1 Å². The Kier molecular flexibility index (Phi) is 8.34. The maximum Gasteiger partial charge on any atom is 0.212 e. The molecule has 30 heavy (non-hydrogen) atoms. The number of aryl methyl sites for hydroxylation is 1. The van der Waals surface area contributed by atoms with Gasteiger partial charge in [0.15, 0.2) is 5.82 Å². The zero-order chi connectivity index (χ0) is 21.3. The molecule has 1 heterocycles. The van der Waals surface area contributed by atoms with Crippen LogP contribution in [0.15, 0.2) is 58.8 Å². The zero-order valence-corrected chi connectivity index (χ0v) is 19.2. The van der Waals surface area contributed by atoms with Crippen molar-refractivity contribution in [1.29, 1.82) is 0 Å². The lowest BCUT2D eigenvalue weighted by molar-refractivity contribution is 0.270. The second-order valence-corrected chi connectivity index (χ2v) is 8.74. The smallest absolute Gasteiger partial charge is 0.212 e. The van der Waals surface area contributed by atoms with Crippen LogP contribution in [0.2, 0.25) is 5.02 Å². The lowest BCUT2D eigenvalue weighted by atomic mass is 10.2. The van der Waals surface area contributed by atoms with Crippen LogP contribution in [-0.4, -0.2) is 27.7 Å². The summed E-state index contributed by atoms with van der Waals surface area (Å²) in [5, 5.41) is 14.9. The topological polar surface area (TPSA) is 52.3 Å². The molecule has 0 N–H and O–H groups in total. The Labute approximate surface area is 187 Å². The second-order valence-electron chi connectivity index (χ2n) is 7.36. The number of benzene rings is 2. The number of para-hydroxylation sites is 1. The molecule has 0 aliphatic rings.